The van der Waals surface area contributed by atoms with Gasteiger partial charge in [0.15, 0.2) is 0 Å². The summed E-state index contributed by atoms with van der Waals surface area (Å²) in [6.07, 6.45) is -14.5. The summed E-state index contributed by atoms with van der Waals surface area (Å²) in [5.74, 6) is -1.20. The molecule has 16 heteroatoms. The van der Waals surface area contributed by atoms with Gasteiger partial charge in [-0.05, 0) is 70.8 Å². The Balaban J connectivity index is 1.56. The van der Waals surface area contributed by atoms with Gasteiger partial charge in [0, 0.05) is 0 Å². The molecule has 0 aliphatic heterocycles. The van der Waals surface area contributed by atoms with Gasteiger partial charge < -0.3 is 29.2 Å². The molecule has 0 aromatic heterocycles. The summed E-state index contributed by atoms with van der Waals surface area (Å²) in [7, 11) is 2.91. The highest BCUT2D eigenvalue weighted by Crippen LogP contribution is 2.57. The predicted octanol–water partition coefficient (Wildman–Crippen LogP) is 8.02. The minimum atomic E-state index is -6.08. The minimum absolute atomic E-state index is 0.194. The van der Waals surface area contributed by atoms with E-state index in [1.165, 1.54) is 14.2 Å². The summed E-state index contributed by atoms with van der Waals surface area (Å²) in [6, 6.07) is 15.2. The Morgan fingerprint density at radius 2 is 0.939 bits per heavy atom. The van der Waals surface area contributed by atoms with E-state index in [0.717, 1.165) is 0 Å². The van der Waals surface area contributed by atoms with E-state index in [0.29, 0.717) is 46.9 Å². The van der Waals surface area contributed by atoms with Gasteiger partial charge in [-0.25, -0.2) is 9.59 Å². The molecule has 49 heavy (non-hydrogen) atoms. The number of phenols is 2. The Morgan fingerprint density at radius 1 is 0.592 bits per heavy atom. The van der Waals surface area contributed by atoms with Crippen molar-refractivity contribution in [2.75, 3.05) is 24.9 Å². The van der Waals surface area contributed by atoms with Crippen molar-refractivity contribution in [3.63, 3.8) is 0 Å². The third-order valence-electron chi connectivity index (χ3n) is 7.24. The number of anilines is 2. The summed E-state index contributed by atoms with van der Waals surface area (Å²) in [5, 5.41) is 25.0. The number of benzene rings is 4. The molecule has 0 saturated heterocycles. The Labute approximate surface area is 274 Å². The molecule has 10 nitrogen and oxygen atoms in total. The van der Waals surface area contributed by atoms with Crippen molar-refractivity contribution < 1.29 is 65.1 Å². The standard InChI is InChI=1S/C33H28F6N2O8/c1-46-23-9-3-19(4-10-23)17-48-29(44)40-25-13-7-21(15-27(25)42)31(32(34,35)36,33(37,38)39)22-8-14-26(28(43)16-22)41-30(45)49-18-20-5-11-24(47-2)12-6-20/h3-16,42-43H,17-18H2,1-2H3,(H,40,44)(H,41,45). The first-order valence-corrected chi connectivity index (χ1v) is 14.0. The predicted molar refractivity (Wildman–Crippen MR) is 163 cm³/mol. The molecular weight excluding hydrogens is 666 g/mol. The number of alkyl halides is 6. The number of phenolic OH excluding ortho intramolecular Hbond substituents is 2. The van der Waals surface area contributed by atoms with Crippen LogP contribution in [-0.4, -0.2) is 49.0 Å². The number of ether oxygens (including phenoxy) is 4. The van der Waals surface area contributed by atoms with Crippen molar-refractivity contribution in [3.05, 3.63) is 107 Å². The third kappa shape index (κ3) is 8.02. The molecule has 0 heterocycles. The van der Waals surface area contributed by atoms with Crippen molar-refractivity contribution in [2.45, 2.75) is 31.0 Å². The van der Waals surface area contributed by atoms with Crippen LogP contribution in [0.5, 0.6) is 23.0 Å². The Kier molecular flexibility index (Phi) is 10.7. The van der Waals surface area contributed by atoms with E-state index < -0.39 is 64.0 Å². The van der Waals surface area contributed by atoms with Gasteiger partial charge in [0.25, 0.3) is 0 Å². The van der Waals surface area contributed by atoms with E-state index in [1.54, 1.807) is 48.5 Å². The number of aromatic hydroxyl groups is 2. The Hall–Kier alpha value is -5.80. The highest BCUT2D eigenvalue weighted by Gasteiger charge is 2.72. The summed E-state index contributed by atoms with van der Waals surface area (Å²) in [6.45, 7) is -0.511. The maximum Gasteiger partial charge on any atom is 0.412 e. The van der Waals surface area contributed by atoms with Crippen molar-refractivity contribution in [1.29, 1.82) is 0 Å². The molecule has 0 aliphatic rings. The lowest BCUT2D eigenvalue weighted by molar-refractivity contribution is -0.288. The normalized spacial score (nSPS) is 11.8. The topological polar surface area (TPSA) is 136 Å². The number of carbonyl (C=O) groups is 2. The van der Waals surface area contributed by atoms with Crippen LogP contribution in [0.25, 0.3) is 0 Å². The van der Waals surface area contributed by atoms with Gasteiger partial charge in [0.1, 0.15) is 36.2 Å². The number of halogens is 6. The van der Waals surface area contributed by atoms with Crippen LogP contribution >= 0.6 is 0 Å². The second-order valence-corrected chi connectivity index (χ2v) is 10.3. The van der Waals surface area contributed by atoms with Crippen molar-refractivity contribution in [1.82, 2.24) is 0 Å². The number of hydrogen-bond donors (Lipinski definition) is 4. The zero-order chi connectivity index (χ0) is 36.0. The number of rotatable bonds is 10. The van der Waals surface area contributed by atoms with Gasteiger partial charge in [-0.15, -0.1) is 0 Å². The zero-order valence-electron chi connectivity index (χ0n) is 25.6. The van der Waals surface area contributed by atoms with Gasteiger partial charge in [0.05, 0.1) is 25.6 Å². The maximum atomic E-state index is 14.7. The fraction of sp³-hybridized carbons (Fsp3) is 0.212. The Morgan fingerprint density at radius 3 is 1.22 bits per heavy atom. The molecule has 0 unspecified atom stereocenters. The second kappa shape index (κ2) is 14.5. The summed E-state index contributed by atoms with van der Waals surface area (Å²) in [5.41, 5.74) is -7.77. The average molecular weight is 695 g/mol. The van der Waals surface area contributed by atoms with Crippen molar-refractivity contribution >= 4 is 23.6 Å². The molecule has 0 fully saturated rings. The summed E-state index contributed by atoms with van der Waals surface area (Å²) >= 11 is 0. The van der Waals surface area contributed by atoms with Gasteiger partial charge >= 0.3 is 24.5 Å². The molecule has 4 N–H and O–H groups in total. The van der Waals surface area contributed by atoms with Crippen LogP contribution in [0.3, 0.4) is 0 Å². The number of nitrogens with one attached hydrogen (secondary N) is 2. The van der Waals surface area contributed by atoms with Gasteiger partial charge in [-0.3, -0.25) is 10.6 Å². The third-order valence-corrected chi connectivity index (χ3v) is 7.24. The lowest BCUT2D eigenvalue weighted by Gasteiger charge is -2.38. The molecule has 260 valence electrons. The Bertz CT molecular complexity index is 1650. The van der Waals surface area contributed by atoms with Crippen LogP contribution < -0.4 is 20.1 Å². The van der Waals surface area contributed by atoms with Crippen molar-refractivity contribution in [2.24, 2.45) is 0 Å². The first-order chi connectivity index (χ1) is 23.1. The van der Waals surface area contributed by atoms with E-state index in [2.05, 4.69) is 10.6 Å². The van der Waals surface area contributed by atoms with Crippen LogP contribution in [0.2, 0.25) is 0 Å². The van der Waals surface area contributed by atoms with Crippen LogP contribution in [-0.2, 0) is 28.1 Å². The van der Waals surface area contributed by atoms with Crippen LogP contribution in [0, 0.1) is 0 Å². The van der Waals surface area contributed by atoms with Gasteiger partial charge in [0.2, 0.25) is 5.41 Å². The monoisotopic (exact) mass is 694 g/mol. The van der Waals surface area contributed by atoms with Crippen LogP contribution in [0.4, 0.5) is 47.3 Å². The van der Waals surface area contributed by atoms with E-state index in [-0.39, 0.29) is 25.3 Å². The first-order valence-electron chi connectivity index (χ1n) is 14.0. The van der Waals surface area contributed by atoms with E-state index in [9.17, 15) is 46.1 Å². The highest BCUT2D eigenvalue weighted by molar-refractivity contribution is 5.87. The van der Waals surface area contributed by atoms with E-state index in [4.69, 9.17) is 18.9 Å². The van der Waals surface area contributed by atoms with E-state index in [1.807, 2.05) is 0 Å². The molecule has 4 rings (SSSR count). The fourth-order valence-electron chi connectivity index (χ4n) is 4.76. The lowest BCUT2D eigenvalue weighted by Crippen LogP contribution is -2.54. The van der Waals surface area contributed by atoms with Crippen LogP contribution in [0.1, 0.15) is 22.3 Å². The van der Waals surface area contributed by atoms with Gasteiger partial charge in [-0.2, -0.15) is 26.3 Å². The van der Waals surface area contributed by atoms with E-state index >= 15 is 0 Å². The maximum absolute atomic E-state index is 14.7. The molecule has 0 bridgehead atoms. The van der Waals surface area contributed by atoms with Crippen molar-refractivity contribution in [3.8, 4) is 23.0 Å². The first kappa shape index (κ1) is 36.0. The molecule has 0 saturated carbocycles. The molecule has 4 aromatic rings. The summed E-state index contributed by atoms with van der Waals surface area (Å²) < 4.78 is 108. The number of methoxy groups -OCH3 is 2. The molecule has 2 amide bonds. The average Bonchev–Trinajstić information content (AvgIpc) is 3.04. The lowest BCUT2D eigenvalue weighted by atomic mass is 9.72. The second-order valence-electron chi connectivity index (χ2n) is 10.3. The van der Waals surface area contributed by atoms with Gasteiger partial charge in [-0.1, -0.05) is 36.4 Å². The molecule has 0 aliphatic carbocycles. The fourth-order valence-corrected chi connectivity index (χ4v) is 4.76. The zero-order valence-corrected chi connectivity index (χ0v) is 25.6. The molecule has 0 radical (unpaired) electrons. The highest BCUT2D eigenvalue weighted by atomic mass is 19.4. The van der Waals surface area contributed by atoms with Crippen LogP contribution in [0.15, 0.2) is 84.9 Å². The molecule has 0 atom stereocenters. The number of hydrogen-bond acceptors (Lipinski definition) is 8. The summed E-state index contributed by atoms with van der Waals surface area (Å²) in [4.78, 5) is 24.5. The number of carbonyl (C=O) groups excluding carboxylic acids is 2. The minimum Gasteiger partial charge on any atom is -0.506 e. The molecule has 0 spiro atoms. The molecule has 4 aromatic carbocycles. The smallest absolute Gasteiger partial charge is 0.412 e. The quantitative estimate of drug-likeness (QED) is 0.0969. The largest absolute Gasteiger partial charge is 0.506 e. The SMILES string of the molecule is COc1ccc(COC(=O)Nc2ccc(C(c3ccc(NC(=O)OCc4ccc(OC)cc4)c(O)c3)(C(F)(F)F)C(F)(F)F)cc2O)cc1. The molecular formula is C33H28F6N2O8. The number of amides is 2.